The van der Waals surface area contributed by atoms with Crippen molar-refractivity contribution in [1.82, 2.24) is 10.3 Å². The molecular weight excluding hydrogens is 492 g/mol. The number of para-hydroxylation sites is 1. The first kappa shape index (κ1) is 27.4. The van der Waals surface area contributed by atoms with Crippen LogP contribution in [0.2, 0.25) is 0 Å². The number of pyridine rings is 1. The van der Waals surface area contributed by atoms with Gasteiger partial charge in [-0.05, 0) is 42.5 Å². The number of carbonyl (C=O) groups is 3. The summed E-state index contributed by atoms with van der Waals surface area (Å²) in [5, 5.41) is 7.39. The van der Waals surface area contributed by atoms with Gasteiger partial charge in [0.15, 0.2) is 5.17 Å². The second kappa shape index (κ2) is 14.4. The van der Waals surface area contributed by atoms with E-state index < -0.39 is 18.1 Å². The Morgan fingerprint density at radius 3 is 2.57 bits per heavy atom. The van der Waals surface area contributed by atoms with Crippen molar-refractivity contribution in [2.24, 2.45) is 4.99 Å². The number of hydrogen-bond donors (Lipinski definition) is 2. The number of esters is 2. The monoisotopic (exact) mass is 520 g/mol. The van der Waals surface area contributed by atoms with Crippen LogP contribution < -0.4 is 10.6 Å². The van der Waals surface area contributed by atoms with Gasteiger partial charge in [-0.2, -0.15) is 0 Å². The Hall–Kier alpha value is -4.18. The summed E-state index contributed by atoms with van der Waals surface area (Å²) >= 11 is 1.14. The fourth-order valence-electron chi connectivity index (χ4n) is 3.15. The number of rotatable bonds is 10. The molecule has 2 aromatic carbocycles. The fraction of sp³-hybridized carbons (Fsp3) is 0.222. The molecule has 0 bridgehead atoms. The zero-order valence-electron chi connectivity index (χ0n) is 20.5. The maximum Gasteiger partial charge on any atom is 0.307 e. The molecule has 0 spiro atoms. The molecule has 0 aliphatic heterocycles. The number of aliphatic imine (C=N–C) groups is 1. The van der Waals surface area contributed by atoms with E-state index in [1.807, 2.05) is 60.7 Å². The smallest absolute Gasteiger partial charge is 0.307 e. The minimum Gasteiger partial charge on any atom is -0.469 e. The molecule has 1 amide bonds. The molecule has 1 heterocycles. The molecule has 0 saturated carbocycles. The second-order valence-corrected chi connectivity index (χ2v) is 8.63. The van der Waals surface area contributed by atoms with Gasteiger partial charge in [0.1, 0.15) is 12.1 Å². The molecule has 0 radical (unpaired) electrons. The Balaban J connectivity index is 1.68. The van der Waals surface area contributed by atoms with Crippen molar-refractivity contribution in [3.63, 3.8) is 0 Å². The van der Waals surface area contributed by atoms with Gasteiger partial charge in [0.2, 0.25) is 5.91 Å². The Morgan fingerprint density at radius 1 is 1.03 bits per heavy atom. The number of amides is 1. The lowest BCUT2D eigenvalue weighted by Crippen LogP contribution is -2.31. The van der Waals surface area contributed by atoms with Gasteiger partial charge < -0.3 is 20.1 Å². The van der Waals surface area contributed by atoms with Gasteiger partial charge in [-0.25, -0.2) is 4.99 Å². The molecule has 0 aliphatic rings. The summed E-state index contributed by atoms with van der Waals surface area (Å²) in [5.41, 5.74) is 2.36. The van der Waals surface area contributed by atoms with Gasteiger partial charge in [0, 0.05) is 17.7 Å². The Morgan fingerprint density at radius 2 is 1.78 bits per heavy atom. The van der Waals surface area contributed by atoms with Crippen molar-refractivity contribution in [3.05, 3.63) is 78.5 Å². The predicted octanol–water partition coefficient (Wildman–Crippen LogP) is 4.37. The molecular formula is C27H28N4O5S. The minimum atomic E-state index is -0.583. The topological polar surface area (TPSA) is 119 Å². The Kier molecular flexibility index (Phi) is 10.7. The highest BCUT2D eigenvalue weighted by Crippen LogP contribution is 2.22. The highest BCUT2D eigenvalue weighted by molar-refractivity contribution is 8.14. The van der Waals surface area contributed by atoms with Crippen LogP contribution in [0.15, 0.2) is 77.9 Å². The van der Waals surface area contributed by atoms with E-state index in [1.54, 1.807) is 19.2 Å². The van der Waals surface area contributed by atoms with E-state index in [2.05, 4.69) is 25.3 Å². The number of benzene rings is 2. The maximum absolute atomic E-state index is 12.4. The van der Waals surface area contributed by atoms with E-state index in [0.29, 0.717) is 10.9 Å². The average molecular weight is 521 g/mol. The zero-order valence-corrected chi connectivity index (χ0v) is 21.4. The molecule has 0 fully saturated rings. The lowest BCUT2D eigenvalue weighted by Gasteiger charge is -2.15. The molecule has 3 aromatic rings. The SMILES string of the molecule is COC(=O)CCC(=O)OCSC(=NC(C)NC(=O)/C=C/c1ccccc1)Nc1cccc2cccnc12. The van der Waals surface area contributed by atoms with Crippen LogP contribution in [0.25, 0.3) is 17.0 Å². The van der Waals surface area contributed by atoms with Crippen LogP contribution in [0, 0.1) is 0 Å². The molecule has 1 unspecified atom stereocenters. The number of methoxy groups -OCH3 is 1. The van der Waals surface area contributed by atoms with Crippen LogP contribution in [0.5, 0.6) is 0 Å². The summed E-state index contributed by atoms with van der Waals surface area (Å²) in [5.74, 6) is -1.36. The van der Waals surface area contributed by atoms with E-state index in [0.717, 1.165) is 28.2 Å². The number of hydrogen-bond acceptors (Lipinski definition) is 8. The van der Waals surface area contributed by atoms with Crippen LogP contribution in [-0.4, -0.2) is 47.2 Å². The molecule has 37 heavy (non-hydrogen) atoms. The lowest BCUT2D eigenvalue weighted by atomic mass is 10.2. The standard InChI is InChI=1S/C27H28N4O5S/c1-19(29-23(32)14-13-20-8-4-3-5-9-20)30-27(37-18-36-25(34)16-15-24(33)35-2)31-22-12-6-10-21-11-7-17-28-26(21)22/h3-14,17,19H,15-16,18H2,1-2H3,(H,29,32)(H,30,31)/b14-13+. The van der Waals surface area contributed by atoms with Crippen molar-refractivity contribution < 1.29 is 23.9 Å². The van der Waals surface area contributed by atoms with Gasteiger partial charge in [-0.3, -0.25) is 19.4 Å². The first-order chi connectivity index (χ1) is 17.9. The van der Waals surface area contributed by atoms with Crippen LogP contribution in [0.1, 0.15) is 25.3 Å². The zero-order chi connectivity index (χ0) is 26.5. The van der Waals surface area contributed by atoms with Crippen LogP contribution in [0.3, 0.4) is 0 Å². The third kappa shape index (κ3) is 9.42. The van der Waals surface area contributed by atoms with Crippen LogP contribution in [-0.2, 0) is 23.9 Å². The van der Waals surface area contributed by atoms with E-state index in [9.17, 15) is 14.4 Å². The summed E-state index contributed by atoms with van der Waals surface area (Å²) in [4.78, 5) is 44.6. The van der Waals surface area contributed by atoms with Crippen molar-refractivity contribution >= 4 is 57.4 Å². The molecule has 0 saturated heterocycles. The van der Waals surface area contributed by atoms with Crippen LogP contribution >= 0.6 is 11.8 Å². The number of fused-ring (bicyclic) bond motifs is 1. The Labute approximate surface area is 219 Å². The highest BCUT2D eigenvalue weighted by Gasteiger charge is 2.12. The first-order valence-corrected chi connectivity index (χ1v) is 12.5. The minimum absolute atomic E-state index is 0.0430. The van der Waals surface area contributed by atoms with E-state index in [1.165, 1.54) is 13.2 Å². The van der Waals surface area contributed by atoms with Gasteiger partial charge >= 0.3 is 11.9 Å². The normalized spacial score (nSPS) is 12.2. The van der Waals surface area contributed by atoms with E-state index >= 15 is 0 Å². The quantitative estimate of drug-likeness (QED) is 0.133. The lowest BCUT2D eigenvalue weighted by molar-refractivity contribution is -0.147. The number of ether oxygens (including phenoxy) is 2. The summed E-state index contributed by atoms with van der Waals surface area (Å²) in [7, 11) is 1.26. The van der Waals surface area contributed by atoms with Gasteiger partial charge in [-0.1, -0.05) is 48.5 Å². The summed E-state index contributed by atoms with van der Waals surface area (Å²) in [6.07, 6.45) is 4.14. The first-order valence-electron chi connectivity index (χ1n) is 11.5. The third-order valence-electron chi connectivity index (χ3n) is 4.94. The maximum atomic E-state index is 12.4. The summed E-state index contributed by atoms with van der Waals surface area (Å²) in [6.45, 7) is 1.74. The van der Waals surface area contributed by atoms with Crippen LogP contribution in [0.4, 0.5) is 5.69 Å². The second-order valence-electron chi connectivity index (χ2n) is 7.72. The van der Waals surface area contributed by atoms with Crippen molar-refractivity contribution in [3.8, 4) is 0 Å². The molecule has 3 rings (SSSR count). The number of thioether (sulfide) groups is 1. The predicted molar refractivity (Wildman–Crippen MR) is 146 cm³/mol. The van der Waals surface area contributed by atoms with Gasteiger partial charge in [0.25, 0.3) is 0 Å². The van der Waals surface area contributed by atoms with Gasteiger partial charge in [0.05, 0.1) is 31.2 Å². The summed E-state index contributed by atoms with van der Waals surface area (Å²) < 4.78 is 9.76. The highest BCUT2D eigenvalue weighted by atomic mass is 32.2. The Bertz CT molecular complexity index is 1270. The molecule has 10 heteroatoms. The number of carbonyl (C=O) groups excluding carboxylic acids is 3. The van der Waals surface area contributed by atoms with Crippen molar-refractivity contribution in [2.45, 2.75) is 25.9 Å². The number of nitrogens with zero attached hydrogens (tertiary/aromatic N) is 2. The summed E-state index contributed by atoms with van der Waals surface area (Å²) in [6, 6.07) is 19.0. The number of nitrogens with one attached hydrogen (secondary N) is 2. The number of anilines is 1. The molecule has 0 aliphatic carbocycles. The largest absolute Gasteiger partial charge is 0.469 e. The van der Waals surface area contributed by atoms with Crippen molar-refractivity contribution in [2.75, 3.05) is 18.4 Å². The molecule has 1 atom stereocenters. The van der Waals surface area contributed by atoms with E-state index in [-0.39, 0.29) is 24.7 Å². The van der Waals surface area contributed by atoms with E-state index in [4.69, 9.17) is 4.74 Å². The number of amidine groups is 1. The van der Waals surface area contributed by atoms with Crippen molar-refractivity contribution in [1.29, 1.82) is 0 Å². The molecule has 2 N–H and O–H groups in total. The average Bonchev–Trinajstić information content (AvgIpc) is 2.91. The van der Waals surface area contributed by atoms with Gasteiger partial charge in [-0.15, -0.1) is 0 Å². The fourth-order valence-corrected chi connectivity index (χ4v) is 3.87. The number of aromatic nitrogens is 1. The molecule has 9 nitrogen and oxygen atoms in total. The molecule has 192 valence electrons. The molecule has 1 aromatic heterocycles. The third-order valence-corrected chi connectivity index (χ3v) is 5.66.